The molecule has 0 aliphatic carbocycles. The Hall–Kier alpha value is -3.46. The summed E-state index contributed by atoms with van der Waals surface area (Å²) in [4.78, 5) is 15.3. The van der Waals surface area contributed by atoms with Gasteiger partial charge in [0.05, 0.1) is 6.57 Å². The van der Waals surface area contributed by atoms with Gasteiger partial charge in [-0.05, 0) is 35.2 Å². The maximum absolute atomic E-state index is 13.4. The zero-order valence-electron chi connectivity index (χ0n) is 14.8. The standard InChI is InChI=1S/C21H16F2N2O2/c1-4-17-19(24-2)18(20(21(26)27)25(17)3)13-7-5-12(6-8-13)14-9-15(22)11-16(23)10-14/h5-11H,4H2,1,3H3,(H,26,27). The summed E-state index contributed by atoms with van der Waals surface area (Å²) in [6, 6.07) is 9.88. The Kier molecular flexibility index (Phi) is 4.78. The van der Waals surface area contributed by atoms with E-state index in [0.29, 0.717) is 40.1 Å². The fraction of sp³-hybridized carbons (Fsp3) is 0.143. The van der Waals surface area contributed by atoms with Crippen LogP contribution < -0.4 is 0 Å². The number of halogens is 2. The van der Waals surface area contributed by atoms with E-state index in [1.807, 2.05) is 6.92 Å². The molecule has 6 heteroatoms. The van der Waals surface area contributed by atoms with Crippen LogP contribution in [0.25, 0.3) is 27.1 Å². The molecule has 4 nitrogen and oxygen atoms in total. The molecular weight excluding hydrogens is 350 g/mol. The average molecular weight is 366 g/mol. The molecule has 0 saturated carbocycles. The molecule has 0 aliphatic heterocycles. The number of aromatic carboxylic acids is 1. The molecule has 0 radical (unpaired) electrons. The predicted molar refractivity (Wildman–Crippen MR) is 98.8 cm³/mol. The largest absolute Gasteiger partial charge is 0.477 e. The molecule has 3 aromatic rings. The van der Waals surface area contributed by atoms with Crippen LogP contribution >= 0.6 is 0 Å². The van der Waals surface area contributed by atoms with E-state index < -0.39 is 17.6 Å². The molecule has 1 heterocycles. The number of carbonyl (C=O) groups is 1. The van der Waals surface area contributed by atoms with Crippen LogP contribution in [0.4, 0.5) is 14.5 Å². The number of aromatic nitrogens is 1. The number of hydrogen-bond donors (Lipinski definition) is 1. The zero-order chi connectivity index (χ0) is 19.7. The van der Waals surface area contributed by atoms with Crippen LogP contribution in [0.1, 0.15) is 23.1 Å². The molecule has 2 aromatic carbocycles. The molecule has 0 fully saturated rings. The normalized spacial score (nSPS) is 10.6. The summed E-state index contributed by atoms with van der Waals surface area (Å²) < 4.78 is 28.4. The first-order valence-electron chi connectivity index (χ1n) is 8.26. The number of nitrogens with zero attached hydrogens (tertiary/aromatic N) is 2. The van der Waals surface area contributed by atoms with Crippen molar-refractivity contribution < 1.29 is 18.7 Å². The van der Waals surface area contributed by atoms with Crippen LogP contribution in [0.3, 0.4) is 0 Å². The van der Waals surface area contributed by atoms with Gasteiger partial charge in [-0.15, -0.1) is 0 Å². The second-order valence-corrected chi connectivity index (χ2v) is 6.08. The maximum atomic E-state index is 13.4. The molecule has 0 bridgehead atoms. The first kappa shape index (κ1) is 18.3. The highest BCUT2D eigenvalue weighted by Gasteiger charge is 2.25. The number of carboxylic acids is 1. The topological polar surface area (TPSA) is 46.6 Å². The molecule has 0 aliphatic rings. The van der Waals surface area contributed by atoms with Crippen molar-refractivity contribution >= 4 is 11.7 Å². The first-order valence-corrected chi connectivity index (χ1v) is 8.26. The van der Waals surface area contributed by atoms with E-state index in [2.05, 4.69) is 4.85 Å². The summed E-state index contributed by atoms with van der Waals surface area (Å²) in [7, 11) is 1.63. The van der Waals surface area contributed by atoms with Gasteiger partial charge in [0.25, 0.3) is 0 Å². The molecule has 1 aromatic heterocycles. The molecule has 27 heavy (non-hydrogen) atoms. The number of hydrogen-bond acceptors (Lipinski definition) is 1. The predicted octanol–water partition coefficient (Wildman–Crippen LogP) is 5.45. The van der Waals surface area contributed by atoms with Gasteiger partial charge in [0.1, 0.15) is 17.3 Å². The van der Waals surface area contributed by atoms with Crippen LogP contribution in [-0.4, -0.2) is 15.6 Å². The second kappa shape index (κ2) is 7.04. The summed E-state index contributed by atoms with van der Waals surface area (Å²) in [6.07, 6.45) is 0.523. The highest BCUT2D eigenvalue weighted by Crippen LogP contribution is 2.40. The third kappa shape index (κ3) is 3.20. The van der Waals surface area contributed by atoms with Gasteiger partial charge in [-0.25, -0.2) is 18.4 Å². The van der Waals surface area contributed by atoms with Crippen LogP contribution in [0, 0.1) is 18.2 Å². The monoisotopic (exact) mass is 366 g/mol. The Morgan fingerprint density at radius 1 is 1.07 bits per heavy atom. The lowest BCUT2D eigenvalue weighted by Gasteiger charge is -2.07. The third-order valence-electron chi connectivity index (χ3n) is 4.51. The highest BCUT2D eigenvalue weighted by molar-refractivity contribution is 6.00. The Labute approximate surface area is 155 Å². The summed E-state index contributed by atoms with van der Waals surface area (Å²) in [5.41, 5.74) is 2.89. The van der Waals surface area contributed by atoms with Crippen molar-refractivity contribution in [1.82, 2.24) is 4.57 Å². The van der Waals surface area contributed by atoms with Crippen molar-refractivity contribution in [2.75, 3.05) is 0 Å². The van der Waals surface area contributed by atoms with E-state index >= 15 is 0 Å². The SMILES string of the molecule is [C-]#[N+]c1c(-c2ccc(-c3cc(F)cc(F)c3)cc2)c(C(=O)O)n(C)c1CC. The smallest absolute Gasteiger partial charge is 0.351 e. The van der Waals surface area contributed by atoms with Crippen LogP contribution in [0.15, 0.2) is 42.5 Å². The zero-order valence-corrected chi connectivity index (χ0v) is 14.8. The van der Waals surface area contributed by atoms with Gasteiger partial charge < -0.3 is 9.67 Å². The second-order valence-electron chi connectivity index (χ2n) is 6.08. The summed E-state index contributed by atoms with van der Waals surface area (Å²) in [5, 5.41) is 9.62. The Bertz CT molecular complexity index is 1060. The summed E-state index contributed by atoms with van der Waals surface area (Å²) in [5.74, 6) is -2.46. The minimum absolute atomic E-state index is 0.0439. The van der Waals surface area contributed by atoms with Gasteiger partial charge in [-0.3, -0.25) is 0 Å². The molecule has 0 unspecified atom stereocenters. The van der Waals surface area contributed by atoms with Gasteiger partial charge in [0.15, 0.2) is 0 Å². The lowest BCUT2D eigenvalue weighted by molar-refractivity contribution is 0.0687. The quantitative estimate of drug-likeness (QED) is 0.624. The molecular formula is C21H16F2N2O2. The molecule has 3 rings (SSSR count). The fourth-order valence-corrected chi connectivity index (χ4v) is 3.32. The Morgan fingerprint density at radius 2 is 1.63 bits per heavy atom. The molecule has 136 valence electrons. The number of benzene rings is 2. The first-order chi connectivity index (χ1) is 12.9. The molecule has 0 saturated heterocycles. The summed E-state index contributed by atoms with van der Waals surface area (Å²) in [6.45, 7) is 9.35. The van der Waals surface area contributed by atoms with Crippen LogP contribution in [-0.2, 0) is 13.5 Å². The van der Waals surface area contributed by atoms with E-state index in [0.717, 1.165) is 6.07 Å². The molecule has 0 spiro atoms. The minimum atomic E-state index is -1.12. The number of rotatable bonds is 4. The van der Waals surface area contributed by atoms with E-state index in [4.69, 9.17) is 6.57 Å². The van der Waals surface area contributed by atoms with Crippen molar-refractivity contribution in [2.24, 2.45) is 7.05 Å². The number of carboxylic acid groups (broad SMARTS) is 1. The average Bonchev–Trinajstić information content (AvgIpc) is 2.92. The van der Waals surface area contributed by atoms with Gasteiger partial charge in [-0.1, -0.05) is 31.2 Å². The molecule has 0 atom stereocenters. The van der Waals surface area contributed by atoms with Crippen molar-refractivity contribution in [1.29, 1.82) is 0 Å². The minimum Gasteiger partial charge on any atom is -0.477 e. The van der Waals surface area contributed by atoms with Crippen LogP contribution in [0.2, 0.25) is 0 Å². The van der Waals surface area contributed by atoms with E-state index in [-0.39, 0.29) is 5.69 Å². The maximum Gasteiger partial charge on any atom is 0.351 e. The lowest BCUT2D eigenvalue weighted by Crippen LogP contribution is -2.07. The van der Waals surface area contributed by atoms with Gasteiger partial charge in [0.2, 0.25) is 5.69 Å². The molecule has 0 amide bonds. The van der Waals surface area contributed by atoms with Crippen molar-refractivity contribution in [2.45, 2.75) is 13.3 Å². The third-order valence-corrected chi connectivity index (χ3v) is 4.51. The van der Waals surface area contributed by atoms with E-state index in [1.165, 1.54) is 16.7 Å². The van der Waals surface area contributed by atoms with Gasteiger partial charge in [0, 0.05) is 24.4 Å². The summed E-state index contributed by atoms with van der Waals surface area (Å²) >= 11 is 0. The lowest BCUT2D eigenvalue weighted by atomic mass is 9.99. The Morgan fingerprint density at radius 3 is 2.11 bits per heavy atom. The van der Waals surface area contributed by atoms with Gasteiger partial charge in [-0.2, -0.15) is 0 Å². The fourth-order valence-electron chi connectivity index (χ4n) is 3.32. The van der Waals surface area contributed by atoms with Crippen molar-refractivity contribution in [3.63, 3.8) is 0 Å². The van der Waals surface area contributed by atoms with Crippen LogP contribution in [0.5, 0.6) is 0 Å². The van der Waals surface area contributed by atoms with Crippen molar-refractivity contribution in [3.8, 4) is 22.3 Å². The van der Waals surface area contributed by atoms with Gasteiger partial charge >= 0.3 is 5.97 Å². The highest BCUT2D eigenvalue weighted by atomic mass is 19.1. The Balaban J connectivity index is 2.16. The van der Waals surface area contributed by atoms with E-state index in [9.17, 15) is 18.7 Å². The van der Waals surface area contributed by atoms with Crippen molar-refractivity contribution in [3.05, 3.63) is 76.9 Å². The molecule has 1 N–H and O–H groups in total. The van der Waals surface area contributed by atoms with E-state index in [1.54, 1.807) is 31.3 Å².